The molecule has 0 atom stereocenters. The largest absolute Gasteiger partial charge is 0.377 e. The van der Waals surface area contributed by atoms with E-state index in [4.69, 9.17) is 9.72 Å². The maximum absolute atomic E-state index is 5.54. The zero-order chi connectivity index (χ0) is 20.5. The molecule has 1 fully saturated rings. The molecule has 0 radical (unpaired) electrons. The van der Waals surface area contributed by atoms with E-state index in [-0.39, 0.29) is 0 Å². The number of hydrogen-bond acceptors (Lipinski definition) is 6. The average molecular weight is 403 g/mol. The van der Waals surface area contributed by atoms with Crippen LogP contribution >= 0.6 is 0 Å². The summed E-state index contributed by atoms with van der Waals surface area (Å²) >= 11 is 0. The lowest BCUT2D eigenvalue weighted by molar-refractivity contribution is 0.134. The molecule has 1 aromatic carbocycles. The highest BCUT2D eigenvalue weighted by Crippen LogP contribution is 2.26. The Labute approximate surface area is 175 Å². The fraction of sp³-hybridized carbons (Fsp3) is 0.391. The van der Waals surface area contributed by atoms with E-state index in [2.05, 4.69) is 49.2 Å². The summed E-state index contributed by atoms with van der Waals surface area (Å²) < 4.78 is 7.65. The van der Waals surface area contributed by atoms with Gasteiger partial charge in [0.1, 0.15) is 0 Å². The second kappa shape index (κ2) is 8.08. The molecule has 0 aliphatic heterocycles. The van der Waals surface area contributed by atoms with Crippen LogP contribution in [0, 0.1) is 6.92 Å². The number of hydrogen-bond donors (Lipinski definition) is 1. The minimum absolute atomic E-state index is 0.534. The van der Waals surface area contributed by atoms with Gasteiger partial charge in [-0.3, -0.25) is 9.38 Å². The van der Waals surface area contributed by atoms with Gasteiger partial charge in [0, 0.05) is 37.2 Å². The van der Waals surface area contributed by atoms with Crippen molar-refractivity contribution in [2.24, 2.45) is 0 Å². The highest BCUT2D eigenvalue weighted by Gasteiger charge is 2.18. The Bertz CT molecular complexity index is 1200. The normalized spacial score (nSPS) is 14.5. The van der Waals surface area contributed by atoms with E-state index in [0.29, 0.717) is 19.3 Å². The zero-order valence-corrected chi connectivity index (χ0v) is 17.4. The van der Waals surface area contributed by atoms with Gasteiger partial charge in [-0.1, -0.05) is 12.5 Å². The van der Waals surface area contributed by atoms with Crippen molar-refractivity contribution in [1.82, 2.24) is 29.9 Å². The minimum atomic E-state index is 0.534. The lowest BCUT2D eigenvalue weighted by Crippen LogP contribution is -2.34. The zero-order valence-electron chi connectivity index (χ0n) is 17.4. The number of ether oxygens (including phenoxy) is 1. The maximum Gasteiger partial charge on any atom is 0.183 e. The number of aromatic nitrogens is 5. The summed E-state index contributed by atoms with van der Waals surface area (Å²) in [6.45, 7) is 6.03. The third-order valence-corrected chi connectivity index (χ3v) is 5.78. The smallest absolute Gasteiger partial charge is 0.183 e. The Kier molecular flexibility index (Phi) is 5.14. The quantitative estimate of drug-likeness (QED) is 0.506. The summed E-state index contributed by atoms with van der Waals surface area (Å²) in [7, 11) is 0. The Morgan fingerprint density at radius 2 is 2.03 bits per heavy atom. The van der Waals surface area contributed by atoms with Crippen LogP contribution in [-0.2, 0) is 17.9 Å². The highest BCUT2D eigenvalue weighted by molar-refractivity contribution is 5.81. The van der Waals surface area contributed by atoms with E-state index in [1.54, 1.807) is 0 Å². The number of aryl methyl sites for hydroxylation is 1. The van der Waals surface area contributed by atoms with Gasteiger partial charge in [-0.15, -0.1) is 10.2 Å². The fourth-order valence-electron chi connectivity index (χ4n) is 3.90. The summed E-state index contributed by atoms with van der Waals surface area (Å²) in [4.78, 5) is 9.15. The Balaban J connectivity index is 1.60. The molecule has 0 bridgehead atoms. The molecule has 0 unspecified atom stereocenters. The Morgan fingerprint density at radius 1 is 1.13 bits per heavy atom. The van der Waals surface area contributed by atoms with Gasteiger partial charge < -0.3 is 10.1 Å². The molecule has 1 N–H and O–H groups in total. The Hall–Kier alpha value is -2.90. The van der Waals surface area contributed by atoms with E-state index in [1.807, 2.05) is 26.2 Å². The lowest BCUT2D eigenvalue weighted by Gasteiger charge is -2.26. The second-order valence-electron chi connectivity index (χ2n) is 7.93. The number of pyridine rings is 1. The molecule has 1 saturated carbocycles. The van der Waals surface area contributed by atoms with Crippen molar-refractivity contribution < 1.29 is 4.74 Å². The molecule has 7 nitrogen and oxygen atoms in total. The van der Waals surface area contributed by atoms with Crippen molar-refractivity contribution in [3.63, 3.8) is 0 Å². The van der Waals surface area contributed by atoms with Crippen LogP contribution in [0.1, 0.15) is 43.0 Å². The van der Waals surface area contributed by atoms with Crippen LogP contribution in [0.15, 0.2) is 36.7 Å². The van der Waals surface area contributed by atoms with Crippen LogP contribution < -0.4 is 5.32 Å². The SMILES string of the molecule is CCOCc1cncc(-c2nnc3c(C)nc4ccc(CNC5CCC5)cc4n23)c1. The topological polar surface area (TPSA) is 77.2 Å². The Morgan fingerprint density at radius 3 is 2.83 bits per heavy atom. The monoisotopic (exact) mass is 402 g/mol. The van der Waals surface area contributed by atoms with Crippen molar-refractivity contribution in [2.45, 2.75) is 52.3 Å². The first-order valence-electron chi connectivity index (χ1n) is 10.6. The molecule has 1 aliphatic rings. The lowest BCUT2D eigenvalue weighted by atomic mass is 9.93. The first kappa shape index (κ1) is 19.1. The number of rotatable bonds is 7. The molecular formula is C23H26N6O. The predicted octanol–water partition coefficient (Wildman–Crippen LogP) is 3.83. The van der Waals surface area contributed by atoms with E-state index < -0.39 is 0 Å². The molecule has 1 aliphatic carbocycles. The van der Waals surface area contributed by atoms with Crippen molar-refractivity contribution >= 4 is 16.7 Å². The first-order chi connectivity index (χ1) is 14.7. The van der Waals surface area contributed by atoms with Gasteiger partial charge in [0.25, 0.3) is 0 Å². The van der Waals surface area contributed by atoms with Crippen LogP contribution in [0.3, 0.4) is 0 Å². The molecule has 3 heterocycles. The average Bonchev–Trinajstić information content (AvgIpc) is 3.18. The minimum Gasteiger partial charge on any atom is -0.377 e. The second-order valence-corrected chi connectivity index (χ2v) is 7.93. The molecule has 3 aromatic heterocycles. The summed E-state index contributed by atoms with van der Waals surface area (Å²) in [5.41, 5.74) is 6.77. The van der Waals surface area contributed by atoms with Gasteiger partial charge in [0.2, 0.25) is 0 Å². The maximum atomic E-state index is 5.54. The number of fused-ring (bicyclic) bond motifs is 3. The summed E-state index contributed by atoms with van der Waals surface area (Å²) in [5.74, 6) is 0.774. The van der Waals surface area contributed by atoms with Gasteiger partial charge in [-0.2, -0.15) is 0 Å². The van der Waals surface area contributed by atoms with E-state index in [0.717, 1.165) is 45.9 Å². The molecule has 0 saturated heterocycles. The third-order valence-electron chi connectivity index (χ3n) is 5.78. The van der Waals surface area contributed by atoms with Crippen LogP contribution in [0.25, 0.3) is 28.1 Å². The molecule has 154 valence electrons. The number of nitrogens with one attached hydrogen (secondary N) is 1. The molecule has 7 heteroatoms. The first-order valence-corrected chi connectivity index (χ1v) is 10.6. The summed E-state index contributed by atoms with van der Waals surface area (Å²) in [6, 6.07) is 9.17. The van der Waals surface area contributed by atoms with Gasteiger partial charge in [-0.25, -0.2) is 4.98 Å². The van der Waals surface area contributed by atoms with Crippen LogP contribution in [-0.4, -0.2) is 37.2 Å². The van der Waals surface area contributed by atoms with Crippen molar-refractivity contribution in [3.05, 3.63) is 53.5 Å². The molecule has 30 heavy (non-hydrogen) atoms. The van der Waals surface area contributed by atoms with Crippen LogP contribution in [0.5, 0.6) is 0 Å². The third kappa shape index (κ3) is 3.55. The van der Waals surface area contributed by atoms with Crippen LogP contribution in [0.2, 0.25) is 0 Å². The van der Waals surface area contributed by atoms with E-state index >= 15 is 0 Å². The number of nitrogens with zero attached hydrogens (tertiary/aromatic N) is 5. The molecule has 0 spiro atoms. The molecule has 5 rings (SSSR count). The number of benzene rings is 1. The fourth-order valence-corrected chi connectivity index (χ4v) is 3.90. The van der Waals surface area contributed by atoms with Gasteiger partial charge in [0.05, 0.1) is 23.3 Å². The van der Waals surface area contributed by atoms with Crippen LogP contribution in [0.4, 0.5) is 0 Å². The van der Waals surface area contributed by atoms with E-state index in [9.17, 15) is 0 Å². The van der Waals surface area contributed by atoms with Gasteiger partial charge in [0.15, 0.2) is 11.5 Å². The molecular weight excluding hydrogens is 376 g/mol. The molecule has 4 aromatic rings. The van der Waals surface area contributed by atoms with Crippen molar-refractivity contribution in [1.29, 1.82) is 0 Å². The van der Waals surface area contributed by atoms with Gasteiger partial charge in [-0.05, 0) is 56.0 Å². The van der Waals surface area contributed by atoms with E-state index in [1.165, 1.54) is 24.8 Å². The molecule has 0 amide bonds. The van der Waals surface area contributed by atoms with Crippen molar-refractivity contribution in [3.8, 4) is 11.4 Å². The summed E-state index contributed by atoms with van der Waals surface area (Å²) in [5, 5.41) is 12.6. The predicted molar refractivity (Wildman–Crippen MR) is 116 cm³/mol. The standard InChI is InChI=1S/C23H26N6O/c1-3-30-14-17-9-18(13-24-11-17)23-28-27-22-15(2)26-20-8-7-16(10-21(20)29(22)23)12-25-19-5-4-6-19/h7-11,13,19,25H,3-6,12,14H2,1-2H3. The van der Waals surface area contributed by atoms with Gasteiger partial charge >= 0.3 is 0 Å². The summed E-state index contributed by atoms with van der Waals surface area (Å²) in [6.07, 6.45) is 7.55. The highest BCUT2D eigenvalue weighted by atomic mass is 16.5. The van der Waals surface area contributed by atoms with Crippen molar-refractivity contribution in [2.75, 3.05) is 6.61 Å².